The van der Waals surface area contributed by atoms with Crippen molar-refractivity contribution in [3.05, 3.63) is 42.7 Å². The van der Waals surface area contributed by atoms with Crippen LogP contribution in [-0.2, 0) is 4.79 Å². The number of hydrogen-bond acceptors (Lipinski definition) is 5. The molecule has 1 aromatic carbocycles. The predicted molar refractivity (Wildman–Crippen MR) is 110 cm³/mol. The van der Waals surface area contributed by atoms with Gasteiger partial charge in [-0.3, -0.25) is 4.79 Å². The standard InChI is InChI=1S/C21H25N3O2S/c1-13(2)24(14(3)4)21(25)15(5)27-20-16-9-6-7-10-17(16)22-19(23-20)18-11-8-12-26-18/h6-15H,1-5H3. The van der Waals surface area contributed by atoms with Crippen molar-refractivity contribution in [2.75, 3.05) is 0 Å². The SMILES string of the molecule is CC(Sc1nc(-c2ccco2)nc2ccccc12)C(=O)N(C(C)C)C(C)C. The van der Waals surface area contributed by atoms with E-state index >= 15 is 0 Å². The minimum atomic E-state index is -0.252. The molecule has 3 aromatic rings. The van der Waals surface area contributed by atoms with E-state index in [0.29, 0.717) is 11.6 Å². The average molecular weight is 384 g/mol. The molecule has 0 N–H and O–H groups in total. The highest BCUT2D eigenvalue weighted by atomic mass is 32.2. The Kier molecular flexibility index (Phi) is 5.85. The number of furan rings is 1. The van der Waals surface area contributed by atoms with Gasteiger partial charge in [0.05, 0.1) is 17.0 Å². The first-order valence-corrected chi connectivity index (χ1v) is 10.1. The zero-order valence-electron chi connectivity index (χ0n) is 16.3. The highest BCUT2D eigenvalue weighted by molar-refractivity contribution is 8.00. The maximum absolute atomic E-state index is 13.0. The van der Waals surface area contributed by atoms with Gasteiger partial charge in [-0.1, -0.05) is 30.0 Å². The summed E-state index contributed by atoms with van der Waals surface area (Å²) in [6.45, 7) is 10.1. The van der Waals surface area contributed by atoms with Crippen LogP contribution in [0, 0.1) is 0 Å². The van der Waals surface area contributed by atoms with Crippen LogP contribution in [0.1, 0.15) is 34.6 Å². The largest absolute Gasteiger partial charge is 0.461 e. The molecule has 0 aliphatic rings. The van der Waals surface area contributed by atoms with Gasteiger partial charge in [0.15, 0.2) is 11.6 Å². The summed E-state index contributed by atoms with van der Waals surface area (Å²) in [5.74, 6) is 1.27. The Morgan fingerprint density at radius 1 is 1.00 bits per heavy atom. The molecule has 0 saturated heterocycles. The molecule has 5 nitrogen and oxygen atoms in total. The van der Waals surface area contributed by atoms with Crippen molar-refractivity contribution in [2.24, 2.45) is 0 Å². The summed E-state index contributed by atoms with van der Waals surface area (Å²) in [5, 5.41) is 1.48. The summed E-state index contributed by atoms with van der Waals surface area (Å²) in [7, 11) is 0. The lowest BCUT2D eigenvalue weighted by Gasteiger charge is -2.32. The molecule has 1 amide bonds. The van der Waals surface area contributed by atoms with Crippen LogP contribution < -0.4 is 0 Å². The van der Waals surface area contributed by atoms with Crippen LogP contribution in [0.4, 0.5) is 0 Å². The van der Waals surface area contributed by atoms with Crippen molar-refractivity contribution in [2.45, 2.75) is 57.0 Å². The number of para-hydroxylation sites is 1. The molecule has 2 heterocycles. The number of hydrogen-bond donors (Lipinski definition) is 0. The van der Waals surface area contributed by atoms with Crippen molar-refractivity contribution >= 4 is 28.6 Å². The van der Waals surface area contributed by atoms with E-state index in [-0.39, 0.29) is 23.2 Å². The van der Waals surface area contributed by atoms with Gasteiger partial charge in [0, 0.05) is 17.5 Å². The van der Waals surface area contributed by atoms with Crippen LogP contribution in [0.5, 0.6) is 0 Å². The lowest BCUT2D eigenvalue weighted by atomic mass is 10.2. The number of carbonyl (C=O) groups is 1. The highest BCUT2D eigenvalue weighted by Crippen LogP contribution is 2.32. The first-order valence-electron chi connectivity index (χ1n) is 9.18. The van der Waals surface area contributed by atoms with Gasteiger partial charge >= 0.3 is 0 Å². The number of carbonyl (C=O) groups excluding carboxylic acids is 1. The Bertz CT molecular complexity index is 914. The molecule has 1 atom stereocenters. The maximum Gasteiger partial charge on any atom is 0.236 e. The van der Waals surface area contributed by atoms with E-state index < -0.39 is 0 Å². The molecule has 6 heteroatoms. The van der Waals surface area contributed by atoms with Gasteiger partial charge in [-0.15, -0.1) is 0 Å². The van der Waals surface area contributed by atoms with Crippen molar-refractivity contribution < 1.29 is 9.21 Å². The third-order valence-corrected chi connectivity index (χ3v) is 5.40. The molecule has 0 bridgehead atoms. The van der Waals surface area contributed by atoms with Gasteiger partial charge in [0.25, 0.3) is 0 Å². The van der Waals surface area contributed by atoms with Gasteiger partial charge in [-0.25, -0.2) is 9.97 Å². The van der Waals surface area contributed by atoms with E-state index in [1.54, 1.807) is 6.26 Å². The fourth-order valence-electron chi connectivity index (χ4n) is 3.19. The molecule has 0 aliphatic heterocycles. The van der Waals surface area contributed by atoms with Crippen LogP contribution in [0.2, 0.25) is 0 Å². The second-order valence-electron chi connectivity index (χ2n) is 7.04. The van der Waals surface area contributed by atoms with E-state index in [1.807, 2.05) is 75.9 Å². The molecule has 142 valence electrons. The van der Waals surface area contributed by atoms with E-state index in [0.717, 1.165) is 15.9 Å². The molecule has 0 saturated carbocycles. The Morgan fingerprint density at radius 3 is 2.33 bits per heavy atom. The first kappa shape index (κ1) is 19.4. The smallest absolute Gasteiger partial charge is 0.236 e. The van der Waals surface area contributed by atoms with Crippen LogP contribution >= 0.6 is 11.8 Å². The molecule has 1 unspecified atom stereocenters. The van der Waals surface area contributed by atoms with Gasteiger partial charge < -0.3 is 9.32 Å². The Morgan fingerprint density at radius 2 is 1.70 bits per heavy atom. The summed E-state index contributed by atoms with van der Waals surface area (Å²) >= 11 is 1.47. The Labute approximate surface area is 164 Å². The lowest BCUT2D eigenvalue weighted by Crippen LogP contribution is -2.45. The minimum Gasteiger partial charge on any atom is -0.461 e. The van der Waals surface area contributed by atoms with Crippen LogP contribution in [0.25, 0.3) is 22.5 Å². The quantitative estimate of drug-likeness (QED) is 0.442. The number of fused-ring (bicyclic) bond motifs is 1. The summed E-state index contributed by atoms with van der Waals surface area (Å²) < 4.78 is 5.47. The zero-order valence-corrected chi connectivity index (χ0v) is 17.2. The number of rotatable bonds is 6. The first-order chi connectivity index (χ1) is 12.9. The Balaban J connectivity index is 1.97. The third kappa shape index (κ3) is 4.16. The zero-order chi connectivity index (χ0) is 19.6. The number of aromatic nitrogens is 2. The molecule has 27 heavy (non-hydrogen) atoms. The topological polar surface area (TPSA) is 59.2 Å². The fraction of sp³-hybridized carbons (Fsp3) is 0.381. The molecular formula is C21H25N3O2S. The van der Waals surface area contributed by atoms with E-state index in [2.05, 4.69) is 4.98 Å². The van der Waals surface area contributed by atoms with E-state index in [9.17, 15) is 4.79 Å². The van der Waals surface area contributed by atoms with Gasteiger partial charge in [0.2, 0.25) is 5.91 Å². The van der Waals surface area contributed by atoms with Crippen LogP contribution in [0.3, 0.4) is 0 Å². The second kappa shape index (κ2) is 8.13. The number of nitrogens with zero attached hydrogens (tertiary/aromatic N) is 3. The highest BCUT2D eigenvalue weighted by Gasteiger charge is 2.27. The summed E-state index contributed by atoms with van der Waals surface area (Å²) in [5.41, 5.74) is 0.839. The molecule has 0 aliphatic carbocycles. The van der Waals surface area contributed by atoms with E-state index in [1.165, 1.54) is 11.8 Å². The molecule has 0 fully saturated rings. The molecule has 2 aromatic heterocycles. The third-order valence-electron chi connectivity index (χ3n) is 4.31. The summed E-state index contributed by atoms with van der Waals surface area (Å²) in [6.07, 6.45) is 1.61. The Hall–Kier alpha value is -2.34. The lowest BCUT2D eigenvalue weighted by molar-refractivity contribution is -0.133. The molecule has 0 radical (unpaired) electrons. The number of benzene rings is 1. The average Bonchev–Trinajstić information content (AvgIpc) is 3.15. The van der Waals surface area contributed by atoms with Crippen molar-refractivity contribution in [3.8, 4) is 11.6 Å². The van der Waals surface area contributed by atoms with Gasteiger partial charge in [0.1, 0.15) is 5.03 Å². The van der Waals surface area contributed by atoms with Gasteiger partial charge in [-0.2, -0.15) is 0 Å². The summed E-state index contributed by atoms with van der Waals surface area (Å²) in [6, 6.07) is 11.8. The predicted octanol–water partition coefficient (Wildman–Crippen LogP) is 5.02. The number of amides is 1. The molecule has 3 rings (SSSR count). The second-order valence-corrected chi connectivity index (χ2v) is 8.37. The van der Waals surface area contributed by atoms with Crippen LogP contribution in [0.15, 0.2) is 52.1 Å². The van der Waals surface area contributed by atoms with Gasteiger partial charge in [-0.05, 0) is 52.8 Å². The summed E-state index contributed by atoms with van der Waals surface area (Å²) in [4.78, 5) is 24.3. The molecular weight excluding hydrogens is 358 g/mol. The fourth-order valence-corrected chi connectivity index (χ4v) is 4.18. The number of thioether (sulfide) groups is 1. The van der Waals surface area contributed by atoms with Crippen molar-refractivity contribution in [3.63, 3.8) is 0 Å². The molecule has 0 spiro atoms. The maximum atomic E-state index is 13.0. The van der Waals surface area contributed by atoms with E-state index in [4.69, 9.17) is 9.40 Å². The normalized spacial score (nSPS) is 12.7. The van der Waals surface area contributed by atoms with Crippen LogP contribution in [-0.4, -0.2) is 38.1 Å². The monoisotopic (exact) mass is 383 g/mol. The minimum absolute atomic E-state index is 0.118. The van der Waals surface area contributed by atoms with Crippen molar-refractivity contribution in [1.29, 1.82) is 0 Å². The van der Waals surface area contributed by atoms with Crippen molar-refractivity contribution in [1.82, 2.24) is 14.9 Å².